The van der Waals surface area contributed by atoms with Crippen LogP contribution >= 0.6 is 0 Å². The van der Waals surface area contributed by atoms with Crippen molar-refractivity contribution in [1.29, 1.82) is 0 Å². The third-order valence-corrected chi connectivity index (χ3v) is 5.28. The first-order chi connectivity index (χ1) is 12.8. The van der Waals surface area contributed by atoms with Crippen LogP contribution in [0, 0.1) is 5.92 Å². The molecule has 0 saturated heterocycles. The van der Waals surface area contributed by atoms with Crippen molar-refractivity contribution in [1.82, 2.24) is 10.3 Å². The molecule has 1 aromatic carbocycles. The molecule has 0 fully saturated rings. The van der Waals surface area contributed by atoms with Gasteiger partial charge >= 0.3 is 0 Å². The summed E-state index contributed by atoms with van der Waals surface area (Å²) in [6.45, 7) is 0.997. The maximum absolute atomic E-state index is 12.7. The lowest BCUT2D eigenvalue weighted by atomic mass is 9.76. The lowest BCUT2D eigenvalue weighted by Gasteiger charge is -2.38. The van der Waals surface area contributed by atoms with Gasteiger partial charge in [0.2, 0.25) is 0 Å². The third-order valence-electron chi connectivity index (χ3n) is 5.28. The Balaban J connectivity index is 1.70. The van der Waals surface area contributed by atoms with Gasteiger partial charge < -0.3 is 15.4 Å². The second-order valence-electron chi connectivity index (χ2n) is 6.78. The first-order valence-electron chi connectivity index (χ1n) is 9.02. The van der Waals surface area contributed by atoms with Gasteiger partial charge in [-0.2, -0.15) is 0 Å². The van der Waals surface area contributed by atoms with Crippen molar-refractivity contribution in [2.24, 2.45) is 5.92 Å². The Kier molecular flexibility index (Phi) is 4.71. The molecule has 26 heavy (non-hydrogen) atoms. The van der Waals surface area contributed by atoms with Gasteiger partial charge in [0.25, 0.3) is 5.91 Å². The van der Waals surface area contributed by atoms with Gasteiger partial charge in [-0.3, -0.25) is 9.78 Å². The predicted octanol–water partition coefficient (Wildman–Crippen LogP) is 3.28. The number of allylic oxidation sites excluding steroid dienone is 2. The molecule has 4 rings (SSSR count). The number of nitrogens with zero attached hydrogens (tertiary/aromatic N) is 1. The summed E-state index contributed by atoms with van der Waals surface area (Å²) in [7, 11) is 1.63. The molecule has 2 N–H and O–H groups in total. The van der Waals surface area contributed by atoms with Gasteiger partial charge in [-0.25, -0.2) is 0 Å². The van der Waals surface area contributed by atoms with Crippen molar-refractivity contribution in [2.75, 3.05) is 25.6 Å². The van der Waals surface area contributed by atoms with E-state index in [0.29, 0.717) is 30.6 Å². The van der Waals surface area contributed by atoms with Crippen LogP contribution in [0.15, 0.2) is 54.9 Å². The molecule has 1 aliphatic carbocycles. The van der Waals surface area contributed by atoms with Crippen LogP contribution in [0.3, 0.4) is 0 Å². The summed E-state index contributed by atoms with van der Waals surface area (Å²) in [6.07, 6.45) is 9.26. The number of hydrogen-bond donors (Lipinski definition) is 2. The van der Waals surface area contributed by atoms with Crippen LogP contribution in [0.2, 0.25) is 0 Å². The largest absolute Gasteiger partial charge is 0.383 e. The van der Waals surface area contributed by atoms with Crippen LogP contribution in [0.5, 0.6) is 0 Å². The second-order valence-corrected chi connectivity index (χ2v) is 6.78. The SMILES string of the molecule is COCCNC(=O)c1cccc2c1NC(c1cccnc1)C1CC=CC21. The Morgan fingerprint density at radius 3 is 3.08 bits per heavy atom. The van der Waals surface area contributed by atoms with E-state index in [0.717, 1.165) is 17.7 Å². The number of pyridine rings is 1. The Labute approximate surface area is 153 Å². The molecular formula is C21H23N3O2. The van der Waals surface area contributed by atoms with Gasteiger partial charge in [-0.05, 0) is 35.6 Å². The fraction of sp³-hybridized carbons (Fsp3) is 0.333. The standard InChI is InChI=1S/C21H23N3O2/c1-26-12-11-23-21(25)18-9-3-8-17-15-6-2-7-16(15)19(24-20(17)18)14-5-4-10-22-13-14/h2-6,8-10,13,15-16,19,24H,7,11-12H2,1H3,(H,23,25). The lowest BCUT2D eigenvalue weighted by Crippen LogP contribution is -2.33. The average Bonchev–Trinajstić information content (AvgIpc) is 3.18. The van der Waals surface area contributed by atoms with Crippen molar-refractivity contribution in [2.45, 2.75) is 18.4 Å². The number of rotatable bonds is 5. The fourth-order valence-corrected chi connectivity index (χ4v) is 4.06. The molecule has 2 aliphatic rings. The van der Waals surface area contributed by atoms with Gasteiger partial charge in [-0.1, -0.05) is 30.4 Å². The first-order valence-corrected chi connectivity index (χ1v) is 9.02. The second kappa shape index (κ2) is 7.30. The van der Waals surface area contributed by atoms with E-state index in [1.54, 1.807) is 13.3 Å². The molecule has 2 heterocycles. The molecular weight excluding hydrogens is 326 g/mol. The Morgan fingerprint density at radius 1 is 1.35 bits per heavy atom. The van der Waals surface area contributed by atoms with Crippen molar-refractivity contribution >= 4 is 11.6 Å². The molecule has 0 radical (unpaired) electrons. The summed E-state index contributed by atoms with van der Waals surface area (Å²) in [6, 6.07) is 10.2. The lowest BCUT2D eigenvalue weighted by molar-refractivity contribution is 0.0937. The summed E-state index contributed by atoms with van der Waals surface area (Å²) in [5.74, 6) is 0.693. The van der Waals surface area contributed by atoms with Crippen LogP contribution < -0.4 is 10.6 Å². The number of methoxy groups -OCH3 is 1. The number of hydrogen-bond acceptors (Lipinski definition) is 4. The summed E-state index contributed by atoms with van der Waals surface area (Å²) in [4.78, 5) is 17.0. The number of benzene rings is 1. The van der Waals surface area contributed by atoms with Crippen LogP contribution in [-0.4, -0.2) is 31.2 Å². The first kappa shape index (κ1) is 16.8. The van der Waals surface area contributed by atoms with Crippen molar-refractivity contribution in [3.8, 4) is 0 Å². The summed E-state index contributed by atoms with van der Waals surface area (Å²) in [5, 5.41) is 6.58. The van der Waals surface area contributed by atoms with Gasteiger partial charge in [0.15, 0.2) is 0 Å². The van der Waals surface area contributed by atoms with Crippen LogP contribution in [-0.2, 0) is 4.74 Å². The van der Waals surface area contributed by atoms with Gasteiger partial charge in [0.05, 0.1) is 23.9 Å². The number of carbonyl (C=O) groups is 1. The van der Waals surface area contributed by atoms with E-state index in [1.807, 2.05) is 24.4 Å². The Hall–Kier alpha value is -2.66. The van der Waals surface area contributed by atoms with Crippen LogP contribution in [0.4, 0.5) is 5.69 Å². The van der Waals surface area contributed by atoms with E-state index in [-0.39, 0.29) is 11.9 Å². The smallest absolute Gasteiger partial charge is 0.253 e. The quantitative estimate of drug-likeness (QED) is 0.642. The molecule has 5 nitrogen and oxygen atoms in total. The molecule has 1 aromatic heterocycles. The predicted molar refractivity (Wildman–Crippen MR) is 101 cm³/mol. The minimum atomic E-state index is -0.0724. The maximum atomic E-state index is 12.7. The van der Waals surface area contributed by atoms with E-state index >= 15 is 0 Å². The molecule has 0 saturated carbocycles. The van der Waals surface area contributed by atoms with Crippen molar-refractivity contribution in [3.05, 3.63) is 71.6 Å². The van der Waals surface area contributed by atoms with Crippen LogP contribution in [0.25, 0.3) is 0 Å². The molecule has 5 heteroatoms. The maximum Gasteiger partial charge on any atom is 0.253 e. The Morgan fingerprint density at radius 2 is 2.27 bits per heavy atom. The van der Waals surface area contributed by atoms with E-state index in [1.165, 1.54) is 5.56 Å². The van der Waals surface area contributed by atoms with E-state index < -0.39 is 0 Å². The number of para-hydroxylation sites is 1. The third kappa shape index (κ3) is 2.99. The average molecular weight is 349 g/mol. The highest BCUT2D eigenvalue weighted by molar-refractivity contribution is 6.00. The monoisotopic (exact) mass is 349 g/mol. The van der Waals surface area contributed by atoms with Gasteiger partial charge in [-0.15, -0.1) is 0 Å². The molecule has 2 aromatic rings. The van der Waals surface area contributed by atoms with E-state index in [9.17, 15) is 4.79 Å². The van der Waals surface area contributed by atoms with E-state index in [2.05, 4.69) is 39.9 Å². The fourth-order valence-electron chi connectivity index (χ4n) is 4.06. The number of ether oxygens (including phenoxy) is 1. The highest BCUT2D eigenvalue weighted by Gasteiger charge is 2.39. The van der Waals surface area contributed by atoms with Gasteiger partial charge in [0, 0.05) is 32.0 Å². The number of anilines is 1. The zero-order valence-corrected chi connectivity index (χ0v) is 14.8. The highest BCUT2D eigenvalue weighted by Crippen LogP contribution is 2.50. The number of nitrogens with one attached hydrogen (secondary N) is 2. The minimum absolute atomic E-state index is 0.0724. The zero-order chi connectivity index (χ0) is 17.9. The highest BCUT2D eigenvalue weighted by atomic mass is 16.5. The number of fused-ring (bicyclic) bond motifs is 3. The summed E-state index contributed by atoms with van der Waals surface area (Å²) >= 11 is 0. The van der Waals surface area contributed by atoms with Gasteiger partial charge in [0.1, 0.15) is 0 Å². The molecule has 3 unspecified atom stereocenters. The van der Waals surface area contributed by atoms with Crippen LogP contribution in [0.1, 0.15) is 39.9 Å². The summed E-state index contributed by atoms with van der Waals surface area (Å²) in [5.41, 5.74) is 3.98. The topological polar surface area (TPSA) is 63.2 Å². The molecule has 3 atom stereocenters. The van der Waals surface area contributed by atoms with Crippen molar-refractivity contribution < 1.29 is 9.53 Å². The zero-order valence-electron chi connectivity index (χ0n) is 14.8. The number of amides is 1. The van der Waals surface area contributed by atoms with E-state index in [4.69, 9.17) is 4.74 Å². The molecule has 0 bridgehead atoms. The molecule has 0 spiro atoms. The normalized spacial score (nSPS) is 23.0. The number of carbonyl (C=O) groups excluding carboxylic acids is 1. The Bertz CT molecular complexity index is 819. The summed E-state index contributed by atoms with van der Waals surface area (Å²) < 4.78 is 5.03. The van der Waals surface area contributed by atoms with Crippen molar-refractivity contribution in [3.63, 3.8) is 0 Å². The number of aromatic nitrogens is 1. The molecule has 1 amide bonds. The molecule has 1 aliphatic heterocycles. The minimum Gasteiger partial charge on any atom is -0.383 e. The molecule has 134 valence electrons.